The molecular formula is C24H24ClF2N3O4. The van der Waals surface area contributed by atoms with Crippen LogP contribution in [0.25, 0.3) is 11.1 Å². The number of amides is 1. The van der Waals surface area contributed by atoms with Gasteiger partial charge in [0.25, 0.3) is 11.8 Å². The second kappa shape index (κ2) is 11.2. The van der Waals surface area contributed by atoms with Crippen molar-refractivity contribution >= 4 is 17.5 Å². The van der Waals surface area contributed by atoms with Gasteiger partial charge in [0, 0.05) is 42.4 Å². The molecule has 1 unspecified atom stereocenters. The van der Waals surface area contributed by atoms with Crippen molar-refractivity contribution in [1.29, 1.82) is 0 Å². The van der Waals surface area contributed by atoms with Crippen molar-refractivity contribution in [2.45, 2.75) is 12.5 Å². The van der Waals surface area contributed by atoms with E-state index in [1.165, 1.54) is 14.1 Å². The first-order chi connectivity index (χ1) is 16.5. The minimum absolute atomic E-state index is 0.00689. The fraction of sp³-hybridized carbons (Fsp3) is 0.250. The molecule has 1 amide bonds. The fourth-order valence-corrected chi connectivity index (χ4v) is 3.97. The van der Waals surface area contributed by atoms with Gasteiger partial charge >= 0.3 is 0 Å². The maximum Gasteiger partial charge on any atom is 0.253 e. The van der Waals surface area contributed by atoms with Crippen LogP contribution >= 0.6 is 11.6 Å². The quantitative estimate of drug-likeness (QED) is 0.486. The van der Waals surface area contributed by atoms with E-state index in [4.69, 9.17) is 26.2 Å². The van der Waals surface area contributed by atoms with E-state index in [1.54, 1.807) is 0 Å². The van der Waals surface area contributed by atoms with E-state index < -0.39 is 29.5 Å². The molecule has 1 aliphatic heterocycles. The molecule has 180 valence electrons. The molecule has 1 aromatic heterocycles. The zero-order chi connectivity index (χ0) is 24.8. The van der Waals surface area contributed by atoms with Gasteiger partial charge < -0.3 is 25.6 Å². The summed E-state index contributed by atoms with van der Waals surface area (Å²) in [5.74, 6) is -2.65. The number of aliphatic hydroxyl groups excluding tert-OH is 1. The molecule has 7 nitrogen and oxygen atoms in total. The predicted octanol–water partition coefficient (Wildman–Crippen LogP) is 3.66. The van der Waals surface area contributed by atoms with Crippen LogP contribution in [-0.4, -0.2) is 43.3 Å². The first-order valence-electron chi connectivity index (χ1n) is 10.4. The lowest BCUT2D eigenvalue weighted by molar-refractivity contribution is 0.0962. The number of fused-ring (bicyclic) bond motifs is 1. The highest BCUT2D eigenvalue weighted by Crippen LogP contribution is 2.48. The molecule has 0 aliphatic carbocycles. The van der Waals surface area contributed by atoms with Crippen molar-refractivity contribution in [3.63, 3.8) is 0 Å². The minimum Gasteiger partial charge on any atom is -0.485 e. The van der Waals surface area contributed by atoms with E-state index in [2.05, 4.69) is 16.0 Å². The number of nitrogens with zero attached hydrogens (tertiary/aromatic N) is 1. The van der Waals surface area contributed by atoms with Crippen LogP contribution in [0.2, 0.25) is 5.02 Å². The highest BCUT2D eigenvalue weighted by molar-refractivity contribution is 6.34. The molecule has 1 aliphatic rings. The molecule has 0 saturated carbocycles. The molecule has 0 spiro atoms. The number of hydrogen-bond acceptors (Lipinski definition) is 6. The number of aromatic nitrogens is 1. The third-order valence-electron chi connectivity index (χ3n) is 5.16. The van der Waals surface area contributed by atoms with Gasteiger partial charge in [-0.3, -0.25) is 4.79 Å². The molecule has 4 rings (SSSR count). The number of carbonyl (C=O) groups is 1. The van der Waals surface area contributed by atoms with Gasteiger partial charge in [-0.2, -0.15) is 0 Å². The standard InChI is InChI=1S/C23H19ClF2N2O4.CH5N/c1-27-22(30)14-11-28-23(31-8-7-29)21(26)19(14)18-13-9-16(12-5-3-2-4-6-12)32-17(13)10-15(25)20(18)24;1-2/h2-6,10-11,16,29H,7-9H2,1H3,(H,27,30);2H2,1H3. The van der Waals surface area contributed by atoms with Crippen LogP contribution in [0.4, 0.5) is 8.78 Å². The summed E-state index contributed by atoms with van der Waals surface area (Å²) in [5, 5.41) is 11.1. The lowest BCUT2D eigenvalue weighted by atomic mass is 9.92. The number of ether oxygens (including phenoxy) is 2. The summed E-state index contributed by atoms with van der Waals surface area (Å²) >= 11 is 6.32. The van der Waals surface area contributed by atoms with Crippen molar-refractivity contribution < 1.29 is 28.2 Å². The Labute approximate surface area is 200 Å². The van der Waals surface area contributed by atoms with Crippen molar-refractivity contribution in [3.05, 3.63) is 75.9 Å². The molecule has 10 heteroatoms. The monoisotopic (exact) mass is 491 g/mol. The maximum atomic E-state index is 15.6. The normalized spacial score (nSPS) is 13.9. The van der Waals surface area contributed by atoms with Crippen LogP contribution in [-0.2, 0) is 6.42 Å². The van der Waals surface area contributed by atoms with Gasteiger partial charge in [0.2, 0.25) is 0 Å². The van der Waals surface area contributed by atoms with E-state index >= 15 is 4.39 Å². The zero-order valence-electron chi connectivity index (χ0n) is 18.6. The molecule has 1 atom stereocenters. The summed E-state index contributed by atoms with van der Waals surface area (Å²) in [6, 6.07) is 10.5. The highest BCUT2D eigenvalue weighted by Gasteiger charge is 2.34. The average molecular weight is 492 g/mol. The summed E-state index contributed by atoms with van der Waals surface area (Å²) in [7, 11) is 2.88. The minimum atomic E-state index is -0.989. The van der Waals surface area contributed by atoms with Crippen molar-refractivity contribution in [2.24, 2.45) is 5.73 Å². The largest absolute Gasteiger partial charge is 0.485 e. The molecule has 2 heterocycles. The number of pyridine rings is 1. The topological polar surface area (TPSA) is 107 Å². The Bertz CT molecular complexity index is 1180. The lowest BCUT2D eigenvalue weighted by Gasteiger charge is -2.16. The number of hydrogen-bond donors (Lipinski definition) is 3. The van der Waals surface area contributed by atoms with Gasteiger partial charge in [-0.25, -0.2) is 13.8 Å². The summed E-state index contributed by atoms with van der Waals surface area (Å²) < 4.78 is 41.5. The average Bonchev–Trinajstić information content (AvgIpc) is 3.29. The number of nitrogens with two attached hydrogens (primary N) is 1. The molecule has 2 aromatic carbocycles. The lowest BCUT2D eigenvalue weighted by Crippen LogP contribution is -2.20. The van der Waals surface area contributed by atoms with E-state index in [1.807, 2.05) is 30.3 Å². The number of benzene rings is 2. The van der Waals surface area contributed by atoms with Crippen LogP contribution in [0.1, 0.15) is 27.6 Å². The number of rotatable bonds is 6. The predicted molar refractivity (Wildman–Crippen MR) is 124 cm³/mol. The summed E-state index contributed by atoms with van der Waals surface area (Å²) in [6.45, 7) is -0.576. The van der Waals surface area contributed by atoms with Crippen LogP contribution in [0, 0.1) is 11.6 Å². The SMILES string of the molecule is CN.CNC(=O)c1cnc(OCCO)c(F)c1-c1c(Cl)c(F)cc2c1CC(c1ccccc1)O2. The van der Waals surface area contributed by atoms with E-state index in [0.29, 0.717) is 5.56 Å². The third kappa shape index (κ3) is 4.82. The summed E-state index contributed by atoms with van der Waals surface area (Å²) in [4.78, 5) is 16.3. The summed E-state index contributed by atoms with van der Waals surface area (Å²) in [6.07, 6.45) is 0.986. The second-order valence-electron chi connectivity index (χ2n) is 7.06. The van der Waals surface area contributed by atoms with Crippen LogP contribution in [0.15, 0.2) is 42.6 Å². The van der Waals surface area contributed by atoms with E-state index in [9.17, 15) is 9.18 Å². The van der Waals surface area contributed by atoms with Crippen LogP contribution in [0.3, 0.4) is 0 Å². The van der Waals surface area contributed by atoms with Crippen LogP contribution in [0.5, 0.6) is 11.6 Å². The smallest absolute Gasteiger partial charge is 0.253 e. The summed E-state index contributed by atoms with van der Waals surface area (Å²) in [5.41, 5.74) is 5.45. The van der Waals surface area contributed by atoms with Crippen molar-refractivity contribution in [2.75, 3.05) is 27.3 Å². The molecule has 0 saturated heterocycles. The van der Waals surface area contributed by atoms with Gasteiger partial charge in [0.05, 0.1) is 17.2 Å². The third-order valence-corrected chi connectivity index (χ3v) is 5.53. The number of halogens is 3. The Morgan fingerprint density at radius 3 is 2.65 bits per heavy atom. The Hall–Kier alpha value is -3.27. The molecule has 0 bridgehead atoms. The van der Waals surface area contributed by atoms with E-state index in [-0.39, 0.29) is 47.1 Å². The number of carbonyl (C=O) groups excluding carboxylic acids is 1. The zero-order valence-corrected chi connectivity index (χ0v) is 19.3. The Morgan fingerprint density at radius 1 is 1.29 bits per heavy atom. The van der Waals surface area contributed by atoms with E-state index in [0.717, 1.165) is 17.8 Å². The Kier molecular flexibility index (Phi) is 8.38. The van der Waals surface area contributed by atoms with Crippen molar-refractivity contribution in [3.8, 4) is 22.8 Å². The van der Waals surface area contributed by atoms with Gasteiger partial charge in [-0.15, -0.1) is 0 Å². The second-order valence-corrected chi connectivity index (χ2v) is 7.44. The van der Waals surface area contributed by atoms with Gasteiger partial charge in [0.15, 0.2) is 5.82 Å². The molecule has 0 fully saturated rings. The number of aliphatic hydroxyl groups is 1. The maximum absolute atomic E-state index is 15.6. The Morgan fingerprint density at radius 2 is 2.00 bits per heavy atom. The van der Waals surface area contributed by atoms with Crippen molar-refractivity contribution in [1.82, 2.24) is 10.3 Å². The highest BCUT2D eigenvalue weighted by atomic mass is 35.5. The van der Waals surface area contributed by atoms with Gasteiger partial charge in [0.1, 0.15) is 24.3 Å². The molecule has 4 N–H and O–H groups in total. The first-order valence-corrected chi connectivity index (χ1v) is 10.8. The molecule has 3 aromatic rings. The van der Waals surface area contributed by atoms with Gasteiger partial charge in [-0.05, 0) is 12.6 Å². The number of nitrogens with one attached hydrogen (secondary N) is 1. The van der Waals surface area contributed by atoms with Gasteiger partial charge in [-0.1, -0.05) is 41.9 Å². The first kappa shape index (κ1) is 25.4. The van der Waals surface area contributed by atoms with Crippen LogP contribution < -0.4 is 20.5 Å². The Balaban J connectivity index is 0.00000158. The fourth-order valence-electron chi connectivity index (χ4n) is 3.71. The molecule has 0 radical (unpaired) electrons. The molecular weight excluding hydrogens is 468 g/mol. The molecule has 34 heavy (non-hydrogen) atoms.